The molecule has 1 amide bonds. The average Bonchev–Trinajstić information content (AvgIpc) is 2.10. The lowest BCUT2D eigenvalue weighted by molar-refractivity contribution is -0.155. The maximum atomic E-state index is 11.7. The molecule has 0 aromatic rings. The molecule has 1 N–H and O–H groups in total. The fourth-order valence-electron chi connectivity index (χ4n) is 1.20. The predicted molar refractivity (Wildman–Crippen MR) is 77.4 cm³/mol. The highest BCUT2D eigenvalue weighted by atomic mass is 79.9. The van der Waals surface area contributed by atoms with Gasteiger partial charge in [0.05, 0.1) is 12.5 Å². The standard InChI is InChI=1S/C13H24BrNO4/c1-12(2,3)18-10(16)7-9(8-14)15-11(17)19-13(4,5)6/h9H,7-8H2,1-6H3,(H,15,17). The van der Waals surface area contributed by atoms with Gasteiger partial charge in [-0.3, -0.25) is 4.79 Å². The van der Waals surface area contributed by atoms with E-state index in [4.69, 9.17) is 9.47 Å². The van der Waals surface area contributed by atoms with Crippen molar-refractivity contribution < 1.29 is 19.1 Å². The van der Waals surface area contributed by atoms with Crippen molar-refractivity contribution in [3.05, 3.63) is 0 Å². The molecule has 0 aromatic carbocycles. The number of carbonyl (C=O) groups is 2. The Hall–Kier alpha value is -0.780. The third-order valence-electron chi connectivity index (χ3n) is 1.74. The van der Waals surface area contributed by atoms with E-state index in [0.29, 0.717) is 5.33 Å². The van der Waals surface area contributed by atoms with Crippen LogP contribution in [0.2, 0.25) is 0 Å². The molecule has 0 saturated carbocycles. The summed E-state index contributed by atoms with van der Waals surface area (Å²) in [6.45, 7) is 10.7. The van der Waals surface area contributed by atoms with Gasteiger partial charge in [0.25, 0.3) is 0 Å². The van der Waals surface area contributed by atoms with E-state index in [-0.39, 0.29) is 18.4 Å². The van der Waals surface area contributed by atoms with E-state index in [9.17, 15) is 9.59 Å². The summed E-state index contributed by atoms with van der Waals surface area (Å²) in [5, 5.41) is 3.08. The van der Waals surface area contributed by atoms with E-state index in [1.165, 1.54) is 0 Å². The molecule has 0 rings (SSSR count). The van der Waals surface area contributed by atoms with E-state index in [2.05, 4.69) is 21.2 Å². The molecule has 19 heavy (non-hydrogen) atoms. The molecule has 1 unspecified atom stereocenters. The second-order valence-electron chi connectivity index (χ2n) is 6.29. The van der Waals surface area contributed by atoms with Gasteiger partial charge in [-0.2, -0.15) is 0 Å². The minimum atomic E-state index is -0.563. The molecule has 0 spiro atoms. The average molecular weight is 338 g/mol. The molecule has 5 nitrogen and oxygen atoms in total. The van der Waals surface area contributed by atoms with Gasteiger partial charge in [0.2, 0.25) is 0 Å². The summed E-state index contributed by atoms with van der Waals surface area (Å²) in [5.41, 5.74) is -1.09. The molecule has 0 saturated heterocycles. The van der Waals surface area contributed by atoms with Gasteiger partial charge in [0, 0.05) is 5.33 Å². The summed E-state index contributed by atoms with van der Waals surface area (Å²) in [5.74, 6) is -0.354. The molecule has 0 aromatic heterocycles. The van der Waals surface area contributed by atoms with Crippen LogP contribution >= 0.6 is 15.9 Å². The first-order chi connectivity index (χ1) is 8.43. The summed E-state index contributed by atoms with van der Waals surface area (Å²) in [4.78, 5) is 23.2. The highest BCUT2D eigenvalue weighted by molar-refractivity contribution is 9.09. The monoisotopic (exact) mass is 337 g/mol. The predicted octanol–water partition coefficient (Wildman–Crippen LogP) is 3.01. The Morgan fingerprint density at radius 2 is 1.53 bits per heavy atom. The van der Waals surface area contributed by atoms with E-state index in [1.54, 1.807) is 41.5 Å². The van der Waals surface area contributed by atoms with Gasteiger partial charge in [0.15, 0.2) is 0 Å². The fourth-order valence-corrected chi connectivity index (χ4v) is 1.59. The minimum absolute atomic E-state index is 0.0990. The fraction of sp³-hybridized carbons (Fsp3) is 0.846. The van der Waals surface area contributed by atoms with Gasteiger partial charge >= 0.3 is 12.1 Å². The van der Waals surface area contributed by atoms with Crippen molar-refractivity contribution in [1.29, 1.82) is 0 Å². The Morgan fingerprint density at radius 3 is 1.89 bits per heavy atom. The molecule has 1 atom stereocenters. The molecule has 0 heterocycles. The number of ether oxygens (including phenoxy) is 2. The summed E-state index contributed by atoms with van der Waals surface area (Å²) >= 11 is 3.25. The zero-order valence-corrected chi connectivity index (χ0v) is 14.1. The van der Waals surface area contributed by atoms with Crippen LogP contribution < -0.4 is 5.32 Å². The molecular weight excluding hydrogens is 314 g/mol. The van der Waals surface area contributed by atoms with Gasteiger partial charge in [-0.05, 0) is 41.5 Å². The molecular formula is C13H24BrNO4. The normalized spacial score (nSPS) is 13.6. The number of alkyl carbamates (subject to hydrolysis) is 1. The second-order valence-corrected chi connectivity index (χ2v) is 6.94. The van der Waals surface area contributed by atoms with Gasteiger partial charge in [-0.25, -0.2) is 4.79 Å². The maximum Gasteiger partial charge on any atom is 0.407 e. The molecule has 112 valence electrons. The van der Waals surface area contributed by atoms with Gasteiger partial charge in [0.1, 0.15) is 11.2 Å². The second kappa shape index (κ2) is 7.12. The number of nitrogens with one attached hydrogen (secondary N) is 1. The van der Waals surface area contributed by atoms with E-state index in [1.807, 2.05) is 0 Å². The Balaban J connectivity index is 4.29. The summed E-state index contributed by atoms with van der Waals surface area (Å²) < 4.78 is 10.3. The van der Waals surface area contributed by atoms with Crippen LogP contribution in [0.5, 0.6) is 0 Å². The minimum Gasteiger partial charge on any atom is -0.460 e. The first-order valence-corrected chi connectivity index (χ1v) is 7.32. The molecule has 0 aliphatic heterocycles. The molecule has 0 fully saturated rings. The zero-order valence-electron chi connectivity index (χ0n) is 12.5. The molecule has 0 aliphatic rings. The molecule has 0 radical (unpaired) electrons. The van der Waals surface area contributed by atoms with Crippen LogP contribution in [0.4, 0.5) is 4.79 Å². The first kappa shape index (κ1) is 18.2. The summed E-state index contributed by atoms with van der Waals surface area (Å²) in [6, 6.07) is -0.357. The Bertz CT molecular complexity index is 288. The van der Waals surface area contributed by atoms with Crippen molar-refractivity contribution in [3.8, 4) is 0 Å². The summed E-state index contributed by atoms with van der Waals surface area (Å²) in [6.07, 6.45) is -0.442. The van der Waals surface area contributed by atoms with Crippen LogP contribution in [0.15, 0.2) is 0 Å². The number of rotatable bonds is 4. The SMILES string of the molecule is CC(C)(C)OC(=O)CC(CBr)NC(=O)OC(C)(C)C. The van der Waals surface area contributed by atoms with Crippen LogP contribution in [0.25, 0.3) is 0 Å². The lowest BCUT2D eigenvalue weighted by atomic mass is 10.2. The Kier molecular flexibility index (Phi) is 6.83. The number of halogens is 1. The van der Waals surface area contributed by atoms with Gasteiger partial charge in [-0.1, -0.05) is 15.9 Å². The van der Waals surface area contributed by atoms with E-state index >= 15 is 0 Å². The van der Waals surface area contributed by atoms with Gasteiger partial charge in [-0.15, -0.1) is 0 Å². The first-order valence-electron chi connectivity index (χ1n) is 6.20. The smallest absolute Gasteiger partial charge is 0.407 e. The topological polar surface area (TPSA) is 64.6 Å². The van der Waals surface area contributed by atoms with Crippen molar-refractivity contribution in [1.82, 2.24) is 5.32 Å². The Labute approximate surface area is 123 Å². The van der Waals surface area contributed by atoms with Crippen LogP contribution in [0, 0.1) is 0 Å². The van der Waals surface area contributed by atoms with Crippen molar-refractivity contribution >= 4 is 28.0 Å². The number of hydrogen-bond donors (Lipinski definition) is 1. The lowest BCUT2D eigenvalue weighted by Crippen LogP contribution is -2.42. The van der Waals surface area contributed by atoms with E-state index < -0.39 is 17.3 Å². The molecule has 0 bridgehead atoms. The van der Waals surface area contributed by atoms with Crippen LogP contribution in [0.3, 0.4) is 0 Å². The maximum absolute atomic E-state index is 11.7. The van der Waals surface area contributed by atoms with Crippen LogP contribution in [-0.2, 0) is 14.3 Å². The van der Waals surface area contributed by atoms with Crippen molar-refractivity contribution in [2.45, 2.75) is 65.2 Å². The third-order valence-corrected chi connectivity index (χ3v) is 2.52. The van der Waals surface area contributed by atoms with Crippen molar-refractivity contribution in [3.63, 3.8) is 0 Å². The third kappa shape index (κ3) is 10.8. The van der Waals surface area contributed by atoms with Gasteiger partial charge < -0.3 is 14.8 Å². The number of carbonyl (C=O) groups excluding carboxylic acids is 2. The van der Waals surface area contributed by atoms with Crippen molar-refractivity contribution in [2.24, 2.45) is 0 Å². The largest absolute Gasteiger partial charge is 0.460 e. The highest BCUT2D eigenvalue weighted by Gasteiger charge is 2.23. The van der Waals surface area contributed by atoms with E-state index in [0.717, 1.165) is 0 Å². The molecule has 0 aliphatic carbocycles. The summed E-state index contributed by atoms with van der Waals surface area (Å²) in [7, 11) is 0. The van der Waals surface area contributed by atoms with Crippen molar-refractivity contribution in [2.75, 3.05) is 5.33 Å². The highest BCUT2D eigenvalue weighted by Crippen LogP contribution is 2.11. The number of alkyl halides is 1. The lowest BCUT2D eigenvalue weighted by Gasteiger charge is -2.24. The number of hydrogen-bond acceptors (Lipinski definition) is 4. The number of esters is 1. The van der Waals surface area contributed by atoms with Crippen LogP contribution in [-0.4, -0.2) is 34.6 Å². The zero-order chi connectivity index (χ0) is 15.3. The molecule has 6 heteroatoms. The van der Waals surface area contributed by atoms with Crippen LogP contribution in [0.1, 0.15) is 48.0 Å². The number of amides is 1. The quantitative estimate of drug-likeness (QED) is 0.632. The Morgan fingerprint density at radius 1 is 1.05 bits per heavy atom.